The Morgan fingerprint density at radius 3 is 3.36 bits per heavy atom. The molecule has 1 unspecified atom stereocenters. The average molecular weight is 155 g/mol. The van der Waals surface area contributed by atoms with Crippen molar-refractivity contribution in [3.63, 3.8) is 0 Å². The highest BCUT2D eigenvalue weighted by Gasteiger charge is 2.15. The number of halogens is 1. The van der Waals surface area contributed by atoms with E-state index in [0.717, 1.165) is 12.2 Å². The first-order valence-electron chi connectivity index (χ1n) is 3.87. The second-order valence-electron chi connectivity index (χ2n) is 2.82. The summed E-state index contributed by atoms with van der Waals surface area (Å²) in [6, 6.07) is 0. The van der Waals surface area contributed by atoms with Gasteiger partial charge in [-0.05, 0) is 12.8 Å². The quantitative estimate of drug-likeness (QED) is 0.558. The van der Waals surface area contributed by atoms with Crippen LogP contribution in [0, 0.1) is 0 Å². The maximum absolute atomic E-state index is 12.8. The smallest absolute Gasteiger partial charge is 0.138 e. The van der Waals surface area contributed by atoms with Crippen molar-refractivity contribution < 1.29 is 4.39 Å². The molecule has 3 nitrogen and oxygen atoms in total. The molecule has 60 valence electrons. The van der Waals surface area contributed by atoms with Gasteiger partial charge in [-0.1, -0.05) is 0 Å². The van der Waals surface area contributed by atoms with E-state index in [1.165, 1.54) is 6.33 Å². The number of alkyl halides is 1. The van der Waals surface area contributed by atoms with Crippen LogP contribution in [0.25, 0.3) is 0 Å². The Labute approximate surface area is 64.2 Å². The average Bonchev–Trinajstić information content (AvgIpc) is 2.38. The van der Waals surface area contributed by atoms with Gasteiger partial charge in [0, 0.05) is 13.0 Å². The summed E-state index contributed by atoms with van der Waals surface area (Å²) in [6.07, 6.45) is 2.77. The van der Waals surface area contributed by atoms with E-state index in [2.05, 4.69) is 10.1 Å². The van der Waals surface area contributed by atoms with Gasteiger partial charge in [0.2, 0.25) is 0 Å². The number of fused-ring (bicyclic) bond motifs is 1. The van der Waals surface area contributed by atoms with Gasteiger partial charge in [0.25, 0.3) is 0 Å². The van der Waals surface area contributed by atoms with Gasteiger partial charge in [0.05, 0.1) is 0 Å². The Hall–Kier alpha value is -0.930. The van der Waals surface area contributed by atoms with Gasteiger partial charge in [-0.15, -0.1) is 0 Å². The molecule has 1 aromatic rings. The highest BCUT2D eigenvalue weighted by Crippen LogP contribution is 2.14. The van der Waals surface area contributed by atoms with Gasteiger partial charge in [-0.25, -0.2) is 9.37 Å². The molecule has 0 spiro atoms. The molecule has 0 aromatic carbocycles. The molecule has 0 saturated heterocycles. The Morgan fingerprint density at radius 1 is 1.55 bits per heavy atom. The lowest BCUT2D eigenvalue weighted by atomic mass is 10.2. The number of aryl methyl sites for hydroxylation is 2. The number of hydrogen-bond donors (Lipinski definition) is 0. The Kier molecular flexibility index (Phi) is 1.60. The molecule has 0 radical (unpaired) electrons. The topological polar surface area (TPSA) is 30.7 Å². The molecule has 11 heavy (non-hydrogen) atoms. The predicted octanol–water partition coefficient (Wildman–Crippen LogP) is 0.953. The van der Waals surface area contributed by atoms with Crippen molar-refractivity contribution in [3.8, 4) is 0 Å². The summed E-state index contributed by atoms with van der Waals surface area (Å²) in [4.78, 5) is 4.04. The second kappa shape index (κ2) is 2.60. The first kappa shape index (κ1) is 6.76. The van der Waals surface area contributed by atoms with E-state index < -0.39 is 6.17 Å². The molecular formula is C7H10FN3. The molecule has 0 bridgehead atoms. The molecule has 0 fully saturated rings. The minimum Gasteiger partial charge on any atom is -0.250 e. The van der Waals surface area contributed by atoms with Crippen LogP contribution < -0.4 is 0 Å². The second-order valence-corrected chi connectivity index (χ2v) is 2.82. The number of aromatic nitrogens is 3. The standard InChI is InChI=1S/C7H10FN3/c8-6-1-2-7-9-5-10-11(7)4-3-6/h5-6H,1-4H2. The van der Waals surface area contributed by atoms with E-state index >= 15 is 0 Å². The molecule has 1 aromatic heterocycles. The van der Waals surface area contributed by atoms with Gasteiger partial charge < -0.3 is 0 Å². The van der Waals surface area contributed by atoms with Crippen molar-refractivity contribution in [1.82, 2.24) is 14.8 Å². The van der Waals surface area contributed by atoms with Crippen molar-refractivity contribution >= 4 is 0 Å². The SMILES string of the molecule is FC1CCc2ncnn2CC1. The minimum atomic E-state index is -0.668. The lowest BCUT2D eigenvalue weighted by Crippen LogP contribution is -2.03. The number of hydrogen-bond acceptors (Lipinski definition) is 2. The van der Waals surface area contributed by atoms with Gasteiger partial charge in [-0.2, -0.15) is 5.10 Å². The van der Waals surface area contributed by atoms with Crippen LogP contribution in [-0.4, -0.2) is 20.9 Å². The maximum atomic E-state index is 12.8. The van der Waals surface area contributed by atoms with Gasteiger partial charge in [-0.3, -0.25) is 4.68 Å². The maximum Gasteiger partial charge on any atom is 0.138 e. The monoisotopic (exact) mass is 155 g/mol. The summed E-state index contributed by atoms with van der Waals surface area (Å²) in [6.45, 7) is 0.677. The zero-order valence-corrected chi connectivity index (χ0v) is 6.20. The molecule has 1 atom stereocenters. The molecule has 1 aliphatic heterocycles. The molecule has 1 aliphatic rings. The highest BCUT2D eigenvalue weighted by atomic mass is 19.1. The highest BCUT2D eigenvalue weighted by molar-refractivity contribution is 4.88. The zero-order valence-electron chi connectivity index (χ0n) is 6.20. The van der Waals surface area contributed by atoms with Crippen LogP contribution >= 0.6 is 0 Å². The third-order valence-electron chi connectivity index (χ3n) is 2.03. The van der Waals surface area contributed by atoms with E-state index in [1.807, 2.05) is 0 Å². The molecule has 2 heterocycles. The third kappa shape index (κ3) is 1.25. The fourth-order valence-electron chi connectivity index (χ4n) is 1.36. The predicted molar refractivity (Wildman–Crippen MR) is 37.9 cm³/mol. The van der Waals surface area contributed by atoms with Crippen LogP contribution in [-0.2, 0) is 13.0 Å². The lowest BCUT2D eigenvalue weighted by Gasteiger charge is -1.99. The normalized spacial score (nSPS) is 24.3. The van der Waals surface area contributed by atoms with Crippen molar-refractivity contribution in [2.45, 2.75) is 32.0 Å². The lowest BCUT2D eigenvalue weighted by molar-refractivity contribution is 0.293. The minimum absolute atomic E-state index is 0.580. The van der Waals surface area contributed by atoms with Crippen molar-refractivity contribution in [2.75, 3.05) is 0 Å². The summed E-state index contributed by atoms with van der Waals surface area (Å²) in [5, 5.41) is 3.99. The van der Waals surface area contributed by atoms with Crippen molar-refractivity contribution in [2.24, 2.45) is 0 Å². The molecule has 4 heteroatoms. The largest absolute Gasteiger partial charge is 0.250 e. The van der Waals surface area contributed by atoms with Crippen LogP contribution in [0.1, 0.15) is 18.7 Å². The van der Waals surface area contributed by atoms with Crippen LogP contribution in [0.15, 0.2) is 6.33 Å². The van der Waals surface area contributed by atoms with Crippen LogP contribution in [0.2, 0.25) is 0 Å². The Morgan fingerprint density at radius 2 is 2.45 bits per heavy atom. The fraction of sp³-hybridized carbons (Fsp3) is 0.714. The molecule has 2 rings (SSSR count). The molecule has 0 amide bonds. The summed E-state index contributed by atoms with van der Waals surface area (Å²) < 4.78 is 14.6. The zero-order chi connectivity index (χ0) is 7.68. The van der Waals surface area contributed by atoms with Crippen LogP contribution in [0.4, 0.5) is 4.39 Å². The number of rotatable bonds is 0. The molecule has 0 aliphatic carbocycles. The van der Waals surface area contributed by atoms with Crippen LogP contribution in [0.3, 0.4) is 0 Å². The van der Waals surface area contributed by atoms with E-state index in [4.69, 9.17) is 0 Å². The van der Waals surface area contributed by atoms with E-state index in [1.54, 1.807) is 4.68 Å². The molecule has 0 N–H and O–H groups in total. The van der Waals surface area contributed by atoms with Crippen molar-refractivity contribution in [1.29, 1.82) is 0 Å². The summed E-state index contributed by atoms with van der Waals surface area (Å²) in [7, 11) is 0. The van der Waals surface area contributed by atoms with E-state index in [-0.39, 0.29) is 0 Å². The van der Waals surface area contributed by atoms with Crippen molar-refractivity contribution in [3.05, 3.63) is 12.2 Å². The Balaban J connectivity index is 2.20. The van der Waals surface area contributed by atoms with E-state index in [0.29, 0.717) is 19.4 Å². The van der Waals surface area contributed by atoms with E-state index in [9.17, 15) is 4.39 Å². The molecule has 0 saturated carbocycles. The first-order valence-corrected chi connectivity index (χ1v) is 3.87. The van der Waals surface area contributed by atoms with Crippen LogP contribution in [0.5, 0.6) is 0 Å². The number of nitrogens with zero attached hydrogens (tertiary/aromatic N) is 3. The fourth-order valence-corrected chi connectivity index (χ4v) is 1.36. The Bertz CT molecular complexity index is 223. The third-order valence-corrected chi connectivity index (χ3v) is 2.03. The summed E-state index contributed by atoms with van der Waals surface area (Å²) in [5.41, 5.74) is 0. The van der Waals surface area contributed by atoms with Gasteiger partial charge in [0.15, 0.2) is 0 Å². The van der Waals surface area contributed by atoms with Gasteiger partial charge in [0.1, 0.15) is 18.3 Å². The summed E-state index contributed by atoms with van der Waals surface area (Å²) >= 11 is 0. The molecular weight excluding hydrogens is 145 g/mol. The van der Waals surface area contributed by atoms with Gasteiger partial charge >= 0.3 is 0 Å². The first-order chi connectivity index (χ1) is 5.36. The summed E-state index contributed by atoms with van der Waals surface area (Å²) in [5.74, 6) is 0.921.